The summed E-state index contributed by atoms with van der Waals surface area (Å²) in [5.74, 6) is -1.51. The van der Waals surface area contributed by atoms with E-state index >= 15 is 0 Å². The molecule has 2 N–H and O–H groups in total. The van der Waals surface area contributed by atoms with Crippen molar-refractivity contribution in [3.63, 3.8) is 0 Å². The number of benzene rings is 1. The second-order valence-corrected chi connectivity index (χ2v) is 10.7. The number of carbonyl (C=O) groups is 2. The molecule has 182 valence electrons. The van der Waals surface area contributed by atoms with E-state index in [9.17, 15) is 18.0 Å². The van der Waals surface area contributed by atoms with Crippen LogP contribution in [0.3, 0.4) is 0 Å². The molecule has 0 bridgehead atoms. The zero-order valence-electron chi connectivity index (χ0n) is 19.8. The lowest BCUT2D eigenvalue weighted by molar-refractivity contribution is -0.140. The zero-order chi connectivity index (χ0) is 24.0. The van der Waals surface area contributed by atoms with E-state index in [1.54, 1.807) is 13.8 Å². The monoisotopic (exact) mass is 477 g/mol. The van der Waals surface area contributed by atoms with Gasteiger partial charge in [-0.2, -0.15) is 4.31 Å². The third-order valence-corrected chi connectivity index (χ3v) is 8.28. The molecule has 1 heterocycles. The minimum absolute atomic E-state index is 0.0966. The van der Waals surface area contributed by atoms with E-state index in [1.165, 1.54) is 22.7 Å². The average molecular weight is 478 g/mol. The lowest BCUT2D eigenvalue weighted by Crippen LogP contribution is -2.53. The summed E-state index contributed by atoms with van der Waals surface area (Å²) in [6.07, 6.45) is 7.14. The molecule has 0 aromatic heterocycles. The van der Waals surface area contributed by atoms with Crippen molar-refractivity contribution in [1.82, 2.24) is 14.9 Å². The van der Waals surface area contributed by atoms with Crippen LogP contribution in [0.4, 0.5) is 0 Å². The van der Waals surface area contributed by atoms with Crippen molar-refractivity contribution >= 4 is 21.8 Å². The standard InChI is InChI=1S/C24H35N3O5S/c1-17-14-18(2)22(19(3)15-17)33(30,31)27-12-7-13-32-21(27)16-26-24(29)23(28)25-11-10-20-8-5-4-6-9-20/h8,14-15,21H,4-7,9-13,16H2,1-3H3,(H,25,28)(H,26,29)/t21-/m0/s1. The summed E-state index contributed by atoms with van der Waals surface area (Å²) < 4.78 is 33.9. The first-order valence-electron chi connectivity index (χ1n) is 11.7. The van der Waals surface area contributed by atoms with Crippen LogP contribution in [0.25, 0.3) is 0 Å². The molecule has 1 aromatic carbocycles. The molecule has 1 fully saturated rings. The average Bonchev–Trinajstić information content (AvgIpc) is 2.77. The van der Waals surface area contributed by atoms with Crippen LogP contribution in [0.2, 0.25) is 0 Å². The highest BCUT2D eigenvalue weighted by Crippen LogP contribution is 2.28. The molecular weight excluding hydrogens is 442 g/mol. The molecule has 8 nitrogen and oxygen atoms in total. The molecule has 1 aliphatic heterocycles. The fourth-order valence-electron chi connectivity index (χ4n) is 4.60. The van der Waals surface area contributed by atoms with Gasteiger partial charge in [-0.1, -0.05) is 29.3 Å². The molecule has 1 aromatic rings. The van der Waals surface area contributed by atoms with E-state index in [2.05, 4.69) is 16.7 Å². The topological polar surface area (TPSA) is 105 Å². The summed E-state index contributed by atoms with van der Waals surface area (Å²) in [5.41, 5.74) is 3.66. The van der Waals surface area contributed by atoms with Gasteiger partial charge in [0, 0.05) is 13.1 Å². The maximum Gasteiger partial charge on any atom is 0.309 e. The normalized spacial score (nSPS) is 19.6. The largest absolute Gasteiger partial charge is 0.360 e. The summed E-state index contributed by atoms with van der Waals surface area (Å²) in [6.45, 7) is 6.47. The lowest BCUT2D eigenvalue weighted by Gasteiger charge is -2.35. The van der Waals surface area contributed by atoms with Gasteiger partial charge in [0.1, 0.15) is 6.23 Å². The zero-order valence-corrected chi connectivity index (χ0v) is 20.6. The highest BCUT2D eigenvalue weighted by molar-refractivity contribution is 7.89. The van der Waals surface area contributed by atoms with Crippen LogP contribution in [0, 0.1) is 20.8 Å². The van der Waals surface area contributed by atoms with Crippen LogP contribution in [-0.2, 0) is 24.3 Å². The number of rotatable bonds is 7. The van der Waals surface area contributed by atoms with Crippen molar-refractivity contribution in [1.29, 1.82) is 0 Å². The molecule has 0 unspecified atom stereocenters. The van der Waals surface area contributed by atoms with Crippen LogP contribution in [0.1, 0.15) is 55.2 Å². The van der Waals surface area contributed by atoms with Crippen molar-refractivity contribution < 1.29 is 22.7 Å². The predicted molar refractivity (Wildman–Crippen MR) is 126 cm³/mol. The van der Waals surface area contributed by atoms with Gasteiger partial charge in [-0.25, -0.2) is 8.42 Å². The smallest absolute Gasteiger partial charge is 0.309 e. The summed E-state index contributed by atoms with van der Waals surface area (Å²) >= 11 is 0. The summed E-state index contributed by atoms with van der Waals surface area (Å²) in [6, 6.07) is 3.68. The van der Waals surface area contributed by atoms with E-state index in [1.807, 2.05) is 19.1 Å². The van der Waals surface area contributed by atoms with Crippen molar-refractivity contribution in [2.24, 2.45) is 0 Å². The molecule has 1 saturated heterocycles. The van der Waals surface area contributed by atoms with Crippen LogP contribution >= 0.6 is 0 Å². The number of nitrogens with zero attached hydrogens (tertiary/aromatic N) is 1. The number of carbonyl (C=O) groups excluding carboxylic acids is 2. The summed E-state index contributed by atoms with van der Waals surface area (Å²) in [7, 11) is -3.83. The maximum atomic E-state index is 13.5. The van der Waals surface area contributed by atoms with E-state index in [0.29, 0.717) is 30.7 Å². The molecule has 9 heteroatoms. The molecule has 2 aliphatic rings. The Morgan fingerprint density at radius 3 is 2.42 bits per heavy atom. The third kappa shape index (κ3) is 6.43. The Hall–Kier alpha value is -2.23. The number of ether oxygens (including phenoxy) is 1. The van der Waals surface area contributed by atoms with Gasteiger partial charge in [0.15, 0.2) is 0 Å². The van der Waals surface area contributed by atoms with Gasteiger partial charge in [-0.3, -0.25) is 9.59 Å². The van der Waals surface area contributed by atoms with Crippen LogP contribution in [0.5, 0.6) is 0 Å². The van der Waals surface area contributed by atoms with Crippen LogP contribution < -0.4 is 10.6 Å². The van der Waals surface area contributed by atoms with E-state index < -0.39 is 28.1 Å². The number of hydrogen-bond acceptors (Lipinski definition) is 5. The van der Waals surface area contributed by atoms with E-state index in [-0.39, 0.29) is 18.0 Å². The first kappa shape index (κ1) is 25.4. The minimum atomic E-state index is -3.83. The highest BCUT2D eigenvalue weighted by atomic mass is 32.2. The first-order chi connectivity index (χ1) is 15.7. The molecule has 2 amide bonds. The highest BCUT2D eigenvalue weighted by Gasteiger charge is 2.36. The van der Waals surface area contributed by atoms with Crippen LogP contribution in [-0.4, -0.2) is 57.0 Å². The SMILES string of the molecule is Cc1cc(C)c(S(=O)(=O)N2CCCO[C@H]2CNC(=O)C(=O)NCCC2=CCCCC2)c(C)c1. The van der Waals surface area contributed by atoms with Gasteiger partial charge < -0.3 is 15.4 Å². The number of hydrogen-bond donors (Lipinski definition) is 2. The Bertz CT molecular complexity index is 996. The Kier molecular flexibility index (Phi) is 8.67. The fourth-order valence-corrected chi connectivity index (χ4v) is 6.58. The Labute approximate surface area is 196 Å². The molecule has 0 saturated carbocycles. The predicted octanol–water partition coefficient (Wildman–Crippen LogP) is 2.47. The number of sulfonamides is 1. The maximum absolute atomic E-state index is 13.5. The molecule has 0 spiro atoms. The van der Waals surface area contributed by atoms with Crippen molar-refractivity contribution in [2.45, 2.75) is 70.4 Å². The quantitative estimate of drug-likeness (QED) is 0.464. The molecular formula is C24H35N3O5S. The van der Waals surface area contributed by atoms with E-state index in [4.69, 9.17) is 4.74 Å². The third-order valence-electron chi connectivity index (χ3n) is 6.09. The summed E-state index contributed by atoms with van der Waals surface area (Å²) in [5, 5.41) is 5.18. The second-order valence-electron chi connectivity index (χ2n) is 8.85. The van der Waals surface area contributed by atoms with Gasteiger partial charge in [-0.05, 0) is 70.4 Å². The lowest BCUT2D eigenvalue weighted by atomic mass is 9.97. The Morgan fingerprint density at radius 2 is 1.76 bits per heavy atom. The minimum Gasteiger partial charge on any atom is -0.360 e. The van der Waals surface area contributed by atoms with Gasteiger partial charge in [-0.15, -0.1) is 0 Å². The molecule has 3 rings (SSSR count). The van der Waals surface area contributed by atoms with Crippen molar-refractivity contribution in [3.8, 4) is 0 Å². The molecule has 33 heavy (non-hydrogen) atoms. The van der Waals surface area contributed by atoms with Gasteiger partial charge in [0.2, 0.25) is 10.0 Å². The fraction of sp³-hybridized carbons (Fsp3) is 0.583. The number of allylic oxidation sites excluding steroid dienone is 1. The van der Waals surface area contributed by atoms with Crippen molar-refractivity contribution in [3.05, 3.63) is 40.5 Å². The van der Waals surface area contributed by atoms with Gasteiger partial charge >= 0.3 is 11.8 Å². The van der Waals surface area contributed by atoms with E-state index in [0.717, 1.165) is 24.8 Å². The Balaban J connectivity index is 1.59. The summed E-state index contributed by atoms with van der Waals surface area (Å²) in [4.78, 5) is 24.7. The number of aryl methyl sites for hydroxylation is 3. The second kappa shape index (κ2) is 11.3. The number of nitrogens with one attached hydrogen (secondary N) is 2. The first-order valence-corrected chi connectivity index (χ1v) is 13.1. The van der Waals surface area contributed by atoms with Crippen molar-refractivity contribution in [2.75, 3.05) is 26.2 Å². The number of amides is 2. The van der Waals surface area contributed by atoms with Gasteiger partial charge in [0.05, 0.1) is 18.0 Å². The molecule has 0 radical (unpaired) electrons. The van der Waals surface area contributed by atoms with Gasteiger partial charge in [0.25, 0.3) is 0 Å². The molecule has 1 atom stereocenters. The van der Waals surface area contributed by atoms with Crippen LogP contribution in [0.15, 0.2) is 28.7 Å². The molecule has 1 aliphatic carbocycles. The Morgan fingerprint density at radius 1 is 1.06 bits per heavy atom.